The molecule has 0 radical (unpaired) electrons. The van der Waals surface area contributed by atoms with Crippen LogP contribution < -0.4 is 0 Å². The summed E-state index contributed by atoms with van der Waals surface area (Å²) < 4.78 is 4.53. The molecule has 80 valence electrons. The van der Waals surface area contributed by atoms with Crippen LogP contribution in [0.4, 0.5) is 0 Å². The number of aryl methyl sites for hydroxylation is 1. The Morgan fingerprint density at radius 2 is 2.00 bits per heavy atom. The van der Waals surface area contributed by atoms with Gasteiger partial charge in [-0.2, -0.15) is 0 Å². The third-order valence-electron chi connectivity index (χ3n) is 2.21. The summed E-state index contributed by atoms with van der Waals surface area (Å²) >= 11 is 0. The zero-order valence-corrected chi connectivity index (χ0v) is 9.19. The first kappa shape index (κ1) is 11.5. The Labute approximate surface area is 90.6 Å². The van der Waals surface area contributed by atoms with Gasteiger partial charge in [0.1, 0.15) is 0 Å². The van der Waals surface area contributed by atoms with Crippen molar-refractivity contribution in [2.45, 2.75) is 19.8 Å². The fraction of sp³-hybridized carbons (Fsp3) is 0.308. The van der Waals surface area contributed by atoms with Crippen molar-refractivity contribution >= 4 is 12.0 Å². The zero-order valence-electron chi connectivity index (χ0n) is 9.19. The highest BCUT2D eigenvalue weighted by Crippen LogP contribution is 2.07. The van der Waals surface area contributed by atoms with Crippen molar-refractivity contribution < 1.29 is 9.53 Å². The Bertz CT molecular complexity index is 336. The maximum atomic E-state index is 10.8. The first-order valence-electron chi connectivity index (χ1n) is 5.08. The van der Waals surface area contributed by atoms with Gasteiger partial charge in [-0.15, -0.1) is 0 Å². The van der Waals surface area contributed by atoms with E-state index in [4.69, 9.17) is 0 Å². The molecule has 1 aromatic carbocycles. The van der Waals surface area contributed by atoms with Gasteiger partial charge in [0.15, 0.2) is 0 Å². The quantitative estimate of drug-likeness (QED) is 0.705. The summed E-state index contributed by atoms with van der Waals surface area (Å²) in [5, 5.41) is 0. The van der Waals surface area contributed by atoms with Crippen LogP contribution in [0.2, 0.25) is 0 Å². The van der Waals surface area contributed by atoms with E-state index in [0.717, 1.165) is 12.0 Å². The van der Waals surface area contributed by atoms with E-state index in [1.807, 2.05) is 24.3 Å². The monoisotopic (exact) mass is 204 g/mol. The highest BCUT2D eigenvalue weighted by atomic mass is 16.5. The second-order valence-corrected chi connectivity index (χ2v) is 3.28. The normalized spacial score (nSPS) is 10.5. The molecule has 0 saturated carbocycles. The molecule has 15 heavy (non-hydrogen) atoms. The molecule has 0 heterocycles. The molecule has 0 fully saturated rings. The Balaban J connectivity index is 2.53. The Morgan fingerprint density at radius 1 is 1.33 bits per heavy atom. The highest BCUT2D eigenvalue weighted by molar-refractivity contribution is 5.72. The lowest BCUT2D eigenvalue weighted by molar-refractivity contribution is -0.139. The highest BCUT2D eigenvalue weighted by Gasteiger charge is 1.94. The van der Waals surface area contributed by atoms with Crippen LogP contribution in [-0.4, -0.2) is 13.1 Å². The van der Waals surface area contributed by atoms with E-state index >= 15 is 0 Å². The molecular formula is C13H16O2. The van der Waals surface area contributed by atoms with Crippen LogP contribution in [0, 0.1) is 0 Å². The molecule has 0 amide bonds. The van der Waals surface area contributed by atoms with Crippen LogP contribution in [-0.2, 0) is 16.0 Å². The molecule has 0 aliphatic carbocycles. The van der Waals surface area contributed by atoms with Crippen molar-refractivity contribution in [3.05, 3.63) is 41.5 Å². The molecule has 0 N–H and O–H groups in total. The van der Waals surface area contributed by atoms with Crippen molar-refractivity contribution in [2.24, 2.45) is 0 Å². The fourth-order valence-corrected chi connectivity index (χ4v) is 1.24. The van der Waals surface area contributed by atoms with Crippen LogP contribution in [0.3, 0.4) is 0 Å². The van der Waals surface area contributed by atoms with Crippen LogP contribution >= 0.6 is 0 Å². The molecule has 0 bridgehead atoms. The molecule has 1 rings (SSSR count). The van der Waals surface area contributed by atoms with Crippen molar-refractivity contribution in [1.29, 1.82) is 0 Å². The molecule has 0 aromatic heterocycles. The van der Waals surface area contributed by atoms with Gasteiger partial charge in [-0.1, -0.05) is 43.3 Å². The Morgan fingerprint density at radius 3 is 2.53 bits per heavy atom. The second-order valence-electron chi connectivity index (χ2n) is 3.28. The predicted octanol–water partition coefficient (Wildman–Crippen LogP) is 2.83. The van der Waals surface area contributed by atoms with Crippen molar-refractivity contribution in [2.75, 3.05) is 7.11 Å². The maximum absolute atomic E-state index is 10.8. The third kappa shape index (κ3) is 3.98. The number of carbonyl (C=O) groups excluding carboxylic acids is 1. The SMILES string of the molecule is CCc1ccc(C=CCC(=O)OC)cc1. The molecule has 0 spiro atoms. The standard InChI is InChI=1S/C13H16O2/c1-3-11-7-9-12(10-8-11)5-4-6-13(14)15-2/h4-5,7-10H,3,6H2,1-2H3. The van der Waals surface area contributed by atoms with Gasteiger partial charge < -0.3 is 4.74 Å². The molecular weight excluding hydrogens is 188 g/mol. The smallest absolute Gasteiger partial charge is 0.309 e. The van der Waals surface area contributed by atoms with Crippen LogP contribution in [0.15, 0.2) is 30.3 Å². The van der Waals surface area contributed by atoms with Crippen molar-refractivity contribution in [3.63, 3.8) is 0 Å². The number of ether oxygens (including phenoxy) is 1. The predicted molar refractivity (Wildman–Crippen MR) is 61.5 cm³/mol. The minimum atomic E-state index is -0.212. The van der Waals surface area contributed by atoms with Crippen LogP contribution in [0.25, 0.3) is 6.08 Å². The van der Waals surface area contributed by atoms with Gasteiger partial charge in [0.25, 0.3) is 0 Å². The molecule has 0 atom stereocenters. The van der Waals surface area contributed by atoms with Crippen LogP contribution in [0.1, 0.15) is 24.5 Å². The average Bonchev–Trinajstić information content (AvgIpc) is 2.29. The topological polar surface area (TPSA) is 26.3 Å². The molecule has 0 aliphatic rings. The van der Waals surface area contributed by atoms with E-state index in [-0.39, 0.29) is 5.97 Å². The molecule has 2 nitrogen and oxygen atoms in total. The molecule has 0 aliphatic heterocycles. The number of hydrogen-bond donors (Lipinski definition) is 0. The Kier molecular flexibility index (Phi) is 4.61. The minimum Gasteiger partial charge on any atom is -0.469 e. The number of rotatable bonds is 4. The van der Waals surface area contributed by atoms with E-state index in [0.29, 0.717) is 6.42 Å². The number of esters is 1. The van der Waals surface area contributed by atoms with E-state index in [2.05, 4.69) is 23.8 Å². The lowest BCUT2D eigenvalue weighted by atomic mass is 10.1. The van der Waals surface area contributed by atoms with E-state index in [1.54, 1.807) is 0 Å². The van der Waals surface area contributed by atoms with Gasteiger partial charge >= 0.3 is 5.97 Å². The molecule has 0 saturated heterocycles. The molecule has 0 unspecified atom stereocenters. The van der Waals surface area contributed by atoms with E-state index in [9.17, 15) is 4.79 Å². The summed E-state index contributed by atoms with van der Waals surface area (Å²) in [5.41, 5.74) is 2.43. The summed E-state index contributed by atoms with van der Waals surface area (Å²) in [5.74, 6) is -0.212. The number of benzene rings is 1. The van der Waals surface area contributed by atoms with Gasteiger partial charge in [0, 0.05) is 0 Å². The zero-order chi connectivity index (χ0) is 11.1. The summed E-state index contributed by atoms with van der Waals surface area (Å²) in [6.45, 7) is 2.13. The molecule has 1 aromatic rings. The largest absolute Gasteiger partial charge is 0.469 e. The summed E-state index contributed by atoms with van der Waals surface area (Å²) in [6, 6.07) is 8.29. The Hall–Kier alpha value is -1.57. The average molecular weight is 204 g/mol. The summed E-state index contributed by atoms with van der Waals surface area (Å²) in [4.78, 5) is 10.8. The van der Waals surface area contributed by atoms with Crippen molar-refractivity contribution in [1.82, 2.24) is 0 Å². The van der Waals surface area contributed by atoms with Gasteiger partial charge in [-0.3, -0.25) is 4.79 Å². The number of methoxy groups -OCH3 is 1. The van der Waals surface area contributed by atoms with E-state index in [1.165, 1.54) is 12.7 Å². The molecule has 2 heteroatoms. The number of hydrogen-bond acceptors (Lipinski definition) is 2. The number of carbonyl (C=O) groups is 1. The summed E-state index contributed by atoms with van der Waals surface area (Å²) in [6.07, 6.45) is 5.11. The second kappa shape index (κ2) is 6.02. The van der Waals surface area contributed by atoms with Crippen LogP contribution in [0.5, 0.6) is 0 Å². The lowest BCUT2D eigenvalue weighted by Gasteiger charge is -1.97. The lowest BCUT2D eigenvalue weighted by Crippen LogP contribution is -1.96. The van der Waals surface area contributed by atoms with E-state index < -0.39 is 0 Å². The van der Waals surface area contributed by atoms with Gasteiger partial charge in [-0.25, -0.2) is 0 Å². The van der Waals surface area contributed by atoms with Gasteiger partial charge in [-0.05, 0) is 17.5 Å². The minimum absolute atomic E-state index is 0.212. The third-order valence-corrected chi connectivity index (χ3v) is 2.21. The first-order chi connectivity index (χ1) is 7.26. The summed E-state index contributed by atoms with van der Waals surface area (Å²) in [7, 11) is 1.40. The van der Waals surface area contributed by atoms with Gasteiger partial charge in [0.05, 0.1) is 13.5 Å². The fourth-order valence-electron chi connectivity index (χ4n) is 1.24. The van der Waals surface area contributed by atoms with Gasteiger partial charge in [0.2, 0.25) is 0 Å². The first-order valence-corrected chi connectivity index (χ1v) is 5.08. The maximum Gasteiger partial charge on any atom is 0.309 e. The van der Waals surface area contributed by atoms with Crippen molar-refractivity contribution in [3.8, 4) is 0 Å².